The lowest BCUT2D eigenvalue weighted by molar-refractivity contribution is -0.130. The second kappa shape index (κ2) is 3.98. The van der Waals surface area contributed by atoms with Crippen LogP contribution in [0.3, 0.4) is 0 Å². The van der Waals surface area contributed by atoms with E-state index in [1.54, 1.807) is 0 Å². The van der Waals surface area contributed by atoms with Crippen LogP contribution in [0.2, 0.25) is 0 Å². The minimum Gasteiger partial charge on any atom is -0.340 e. The van der Waals surface area contributed by atoms with Crippen molar-refractivity contribution in [2.45, 2.75) is 31.7 Å². The summed E-state index contributed by atoms with van der Waals surface area (Å²) in [6.07, 6.45) is 2.66. The van der Waals surface area contributed by atoms with Gasteiger partial charge in [-0.05, 0) is 55.0 Å². The Hall–Kier alpha value is -0.650. The van der Waals surface area contributed by atoms with Gasteiger partial charge in [0.2, 0.25) is 5.91 Å². The van der Waals surface area contributed by atoms with Crippen molar-refractivity contribution in [3.63, 3.8) is 0 Å². The molecule has 1 atom stereocenters. The first-order valence-corrected chi connectivity index (χ1v) is 6.39. The summed E-state index contributed by atoms with van der Waals surface area (Å²) in [4.78, 5) is 18.3. The summed E-state index contributed by atoms with van der Waals surface area (Å²) < 4.78 is 1.10. The molecule has 1 aliphatic rings. The zero-order valence-electron chi connectivity index (χ0n) is 9.70. The number of halogens is 1. The molecule has 0 aliphatic carbocycles. The van der Waals surface area contributed by atoms with Crippen molar-refractivity contribution in [2.24, 2.45) is 0 Å². The van der Waals surface area contributed by atoms with Crippen molar-refractivity contribution in [3.05, 3.63) is 27.6 Å². The Kier molecular flexibility index (Phi) is 2.94. The molecule has 1 fully saturated rings. The third-order valence-electron chi connectivity index (χ3n) is 3.35. The Labute approximate surface area is 109 Å². The molecule has 16 heavy (non-hydrogen) atoms. The topological polar surface area (TPSA) is 33.2 Å². The van der Waals surface area contributed by atoms with E-state index in [1.807, 2.05) is 30.3 Å². The summed E-state index contributed by atoms with van der Waals surface area (Å²) in [5.74, 6) is 0.107. The smallest absolute Gasteiger partial charge is 0.231 e. The molecule has 0 saturated carbocycles. The SMILES string of the molecule is CN1C(=O)[C@H](c2ccc(I)cn2)CC1(C)C. The number of amides is 1. The van der Waals surface area contributed by atoms with Crippen molar-refractivity contribution in [2.75, 3.05) is 7.05 Å². The summed E-state index contributed by atoms with van der Waals surface area (Å²) >= 11 is 2.22. The van der Waals surface area contributed by atoms with Gasteiger partial charge in [0.1, 0.15) is 0 Å². The molecule has 0 spiro atoms. The zero-order chi connectivity index (χ0) is 11.9. The lowest BCUT2D eigenvalue weighted by Crippen LogP contribution is -2.37. The van der Waals surface area contributed by atoms with Crippen LogP contribution in [-0.4, -0.2) is 28.4 Å². The van der Waals surface area contributed by atoms with Crippen LogP contribution in [0.1, 0.15) is 31.9 Å². The van der Waals surface area contributed by atoms with Crippen LogP contribution in [0, 0.1) is 3.57 Å². The minimum atomic E-state index is -0.0722. The first kappa shape index (κ1) is 11.8. The third kappa shape index (κ3) is 1.95. The number of nitrogens with zero attached hydrogens (tertiary/aromatic N) is 2. The lowest BCUT2D eigenvalue weighted by Gasteiger charge is -2.26. The van der Waals surface area contributed by atoms with Crippen molar-refractivity contribution in [1.82, 2.24) is 9.88 Å². The molecule has 0 bridgehead atoms. The van der Waals surface area contributed by atoms with Gasteiger partial charge in [-0.15, -0.1) is 0 Å². The number of aromatic nitrogens is 1. The van der Waals surface area contributed by atoms with E-state index in [4.69, 9.17) is 0 Å². The van der Waals surface area contributed by atoms with E-state index >= 15 is 0 Å². The van der Waals surface area contributed by atoms with E-state index in [0.717, 1.165) is 15.7 Å². The maximum absolute atomic E-state index is 12.1. The maximum atomic E-state index is 12.1. The molecule has 1 aliphatic heterocycles. The predicted molar refractivity (Wildman–Crippen MR) is 71.2 cm³/mol. The molecule has 3 nitrogen and oxygen atoms in total. The zero-order valence-corrected chi connectivity index (χ0v) is 11.9. The van der Waals surface area contributed by atoms with Gasteiger partial charge in [-0.2, -0.15) is 0 Å². The van der Waals surface area contributed by atoms with Crippen molar-refractivity contribution >= 4 is 28.5 Å². The minimum absolute atomic E-state index is 0.0631. The van der Waals surface area contributed by atoms with E-state index in [-0.39, 0.29) is 17.4 Å². The van der Waals surface area contributed by atoms with Crippen molar-refractivity contribution < 1.29 is 4.79 Å². The molecule has 0 unspecified atom stereocenters. The van der Waals surface area contributed by atoms with Gasteiger partial charge in [-0.3, -0.25) is 9.78 Å². The number of hydrogen-bond acceptors (Lipinski definition) is 2. The molecule has 86 valence electrons. The highest BCUT2D eigenvalue weighted by atomic mass is 127. The highest BCUT2D eigenvalue weighted by Crippen LogP contribution is 2.37. The average molecular weight is 330 g/mol. The summed E-state index contributed by atoms with van der Waals surface area (Å²) in [7, 11) is 1.87. The largest absolute Gasteiger partial charge is 0.340 e. The number of carbonyl (C=O) groups excluding carboxylic acids is 1. The summed E-state index contributed by atoms with van der Waals surface area (Å²) in [6.45, 7) is 4.19. The predicted octanol–water partition coefficient (Wildman–Crippen LogP) is 2.41. The van der Waals surface area contributed by atoms with Crippen molar-refractivity contribution in [3.8, 4) is 0 Å². The van der Waals surface area contributed by atoms with Gasteiger partial charge >= 0.3 is 0 Å². The second-order valence-electron chi connectivity index (χ2n) is 4.87. The standard InChI is InChI=1S/C12H15IN2O/c1-12(2)6-9(11(16)15(12)3)10-5-4-8(13)7-14-10/h4-5,7,9H,6H2,1-3H3/t9-/m0/s1. The first-order valence-electron chi connectivity index (χ1n) is 5.31. The highest BCUT2D eigenvalue weighted by molar-refractivity contribution is 14.1. The molecule has 1 aromatic heterocycles. The molecule has 0 N–H and O–H groups in total. The van der Waals surface area contributed by atoms with Gasteiger partial charge in [0.05, 0.1) is 11.6 Å². The number of rotatable bonds is 1. The number of hydrogen-bond donors (Lipinski definition) is 0. The highest BCUT2D eigenvalue weighted by Gasteiger charge is 2.43. The van der Waals surface area contributed by atoms with E-state index in [0.29, 0.717) is 0 Å². The van der Waals surface area contributed by atoms with Gasteiger partial charge < -0.3 is 4.90 Å². The quantitative estimate of drug-likeness (QED) is 0.741. The number of carbonyl (C=O) groups is 1. The van der Waals surface area contributed by atoms with Crippen LogP contribution in [0.5, 0.6) is 0 Å². The van der Waals surface area contributed by atoms with E-state index in [9.17, 15) is 4.79 Å². The Morgan fingerprint density at radius 2 is 2.19 bits per heavy atom. The summed E-state index contributed by atoms with van der Waals surface area (Å²) in [6, 6.07) is 3.96. The Morgan fingerprint density at radius 1 is 1.50 bits per heavy atom. The molecule has 1 aromatic rings. The van der Waals surface area contributed by atoms with Crippen molar-refractivity contribution in [1.29, 1.82) is 0 Å². The van der Waals surface area contributed by atoms with Crippen LogP contribution in [0.25, 0.3) is 0 Å². The monoisotopic (exact) mass is 330 g/mol. The Balaban J connectivity index is 2.30. The molecule has 2 heterocycles. The molecular weight excluding hydrogens is 315 g/mol. The van der Waals surface area contributed by atoms with Crippen LogP contribution < -0.4 is 0 Å². The normalized spacial score (nSPS) is 23.9. The molecule has 1 amide bonds. The van der Waals surface area contributed by atoms with Gasteiger partial charge in [0.15, 0.2) is 0 Å². The summed E-state index contributed by atoms with van der Waals surface area (Å²) in [5.41, 5.74) is 0.828. The molecule has 2 rings (SSSR count). The fourth-order valence-corrected chi connectivity index (χ4v) is 2.40. The fraction of sp³-hybridized carbons (Fsp3) is 0.500. The Bertz CT molecular complexity index is 414. The average Bonchev–Trinajstić information content (AvgIpc) is 2.44. The molecule has 1 saturated heterocycles. The van der Waals surface area contributed by atoms with Crippen LogP contribution >= 0.6 is 22.6 Å². The van der Waals surface area contributed by atoms with E-state index < -0.39 is 0 Å². The van der Waals surface area contributed by atoms with Crippen LogP contribution in [0.4, 0.5) is 0 Å². The van der Waals surface area contributed by atoms with E-state index in [2.05, 4.69) is 41.4 Å². The third-order valence-corrected chi connectivity index (χ3v) is 3.99. The van der Waals surface area contributed by atoms with Crippen LogP contribution in [-0.2, 0) is 4.79 Å². The van der Waals surface area contributed by atoms with Gasteiger partial charge in [-0.1, -0.05) is 0 Å². The van der Waals surface area contributed by atoms with Gasteiger partial charge in [0.25, 0.3) is 0 Å². The summed E-state index contributed by atoms with van der Waals surface area (Å²) in [5, 5.41) is 0. The maximum Gasteiger partial charge on any atom is 0.231 e. The molecule has 4 heteroatoms. The second-order valence-corrected chi connectivity index (χ2v) is 6.11. The Morgan fingerprint density at radius 3 is 2.62 bits per heavy atom. The van der Waals surface area contributed by atoms with Gasteiger partial charge in [-0.25, -0.2) is 0 Å². The molecular formula is C12H15IN2O. The molecule has 0 aromatic carbocycles. The number of likely N-dealkylation sites (N-methyl/N-ethyl adjacent to an activating group) is 1. The lowest BCUT2D eigenvalue weighted by atomic mass is 9.94. The number of pyridine rings is 1. The molecule has 0 radical (unpaired) electrons. The van der Waals surface area contributed by atoms with E-state index in [1.165, 1.54) is 0 Å². The first-order chi connectivity index (χ1) is 7.42. The fourth-order valence-electron chi connectivity index (χ4n) is 2.08. The van der Waals surface area contributed by atoms with Crippen LogP contribution in [0.15, 0.2) is 18.3 Å². The van der Waals surface area contributed by atoms with Gasteiger partial charge in [0, 0.05) is 22.4 Å². The number of likely N-dealkylation sites (tertiary alicyclic amines) is 1.